The second kappa shape index (κ2) is 8.62. The lowest BCUT2D eigenvalue weighted by molar-refractivity contribution is -0.385. The van der Waals surface area contributed by atoms with Crippen LogP contribution in [-0.2, 0) is 9.53 Å². The number of hydrogen-bond acceptors (Lipinski definition) is 7. The largest absolute Gasteiger partial charge is 0.481 e. The molecule has 0 atom stereocenters. The van der Waals surface area contributed by atoms with E-state index in [1.54, 1.807) is 0 Å². The van der Waals surface area contributed by atoms with Crippen LogP contribution < -0.4 is 10.1 Å². The number of nitrogens with zero attached hydrogens (tertiary/aromatic N) is 2. The highest BCUT2D eigenvalue weighted by Crippen LogP contribution is 2.22. The van der Waals surface area contributed by atoms with Crippen molar-refractivity contribution in [1.29, 1.82) is 0 Å². The van der Waals surface area contributed by atoms with Gasteiger partial charge in [0, 0.05) is 6.07 Å². The van der Waals surface area contributed by atoms with E-state index < -0.39 is 10.9 Å². The average Bonchev–Trinajstić information content (AvgIpc) is 2.58. The summed E-state index contributed by atoms with van der Waals surface area (Å²) in [7, 11) is 0. The van der Waals surface area contributed by atoms with E-state index in [0.29, 0.717) is 18.1 Å². The topological polar surface area (TPSA) is 104 Å². The minimum Gasteiger partial charge on any atom is -0.481 e. The maximum atomic E-state index is 11.7. The monoisotopic (exact) mass is 345 g/mol. The predicted octanol–water partition coefficient (Wildman–Crippen LogP) is 2.64. The predicted molar refractivity (Wildman–Crippen MR) is 91.8 cm³/mol. The number of aromatic nitrogens is 1. The minimum atomic E-state index is -0.519. The Bertz CT molecular complexity index is 726. The SMILES string of the molecule is Cc1cccc(C)c1OCC(=O)OCCNc1ccc([N+](=O)[O-])cn1. The number of carbonyl (C=O) groups is 1. The van der Waals surface area contributed by atoms with Crippen molar-refractivity contribution < 1.29 is 19.2 Å². The maximum Gasteiger partial charge on any atom is 0.344 e. The van der Waals surface area contributed by atoms with Gasteiger partial charge in [-0.05, 0) is 31.0 Å². The zero-order valence-electron chi connectivity index (χ0n) is 14.0. The summed E-state index contributed by atoms with van der Waals surface area (Å²) < 4.78 is 10.6. The zero-order valence-corrected chi connectivity index (χ0v) is 14.0. The normalized spacial score (nSPS) is 10.2. The molecule has 8 nitrogen and oxygen atoms in total. The molecule has 1 aromatic carbocycles. The van der Waals surface area contributed by atoms with Gasteiger partial charge in [0.1, 0.15) is 24.4 Å². The van der Waals surface area contributed by atoms with Gasteiger partial charge in [0.25, 0.3) is 5.69 Å². The molecule has 0 aliphatic rings. The van der Waals surface area contributed by atoms with E-state index in [9.17, 15) is 14.9 Å². The molecule has 2 aromatic rings. The molecule has 1 heterocycles. The molecule has 0 bridgehead atoms. The molecule has 0 saturated heterocycles. The van der Waals surface area contributed by atoms with E-state index in [1.807, 2.05) is 32.0 Å². The van der Waals surface area contributed by atoms with E-state index in [1.165, 1.54) is 12.1 Å². The Kier molecular flexibility index (Phi) is 6.27. The first-order chi connectivity index (χ1) is 12.0. The first-order valence-corrected chi connectivity index (χ1v) is 7.66. The molecule has 0 saturated carbocycles. The van der Waals surface area contributed by atoms with Crippen LogP contribution in [0, 0.1) is 24.0 Å². The van der Waals surface area contributed by atoms with Crippen LogP contribution in [0.25, 0.3) is 0 Å². The Morgan fingerprint density at radius 3 is 2.56 bits per heavy atom. The molecule has 0 unspecified atom stereocenters. The average molecular weight is 345 g/mol. The molecule has 1 aromatic heterocycles. The number of carbonyl (C=O) groups excluding carboxylic acids is 1. The van der Waals surface area contributed by atoms with E-state index >= 15 is 0 Å². The molecule has 1 N–H and O–H groups in total. The highest BCUT2D eigenvalue weighted by Gasteiger charge is 2.08. The number of hydrogen-bond donors (Lipinski definition) is 1. The van der Waals surface area contributed by atoms with Crippen molar-refractivity contribution in [3.63, 3.8) is 0 Å². The molecule has 8 heteroatoms. The Morgan fingerprint density at radius 1 is 1.24 bits per heavy atom. The summed E-state index contributed by atoms with van der Waals surface area (Å²) >= 11 is 0. The van der Waals surface area contributed by atoms with Crippen LogP contribution in [0.3, 0.4) is 0 Å². The number of esters is 1. The Hall–Kier alpha value is -3.16. The van der Waals surface area contributed by atoms with Gasteiger partial charge in [-0.3, -0.25) is 10.1 Å². The number of aryl methyl sites for hydroxylation is 2. The van der Waals surface area contributed by atoms with E-state index in [2.05, 4.69) is 10.3 Å². The summed E-state index contributed by atoms with van der Waals surface area (Å²) in [6, 6.07) is 8.58. The van der Waals surface area contributed by atoms with E-state index in [-0.39, 0.29) is 18.9 Å². The lowest BCUT2D eigenvalue weighted by atomic mass is 10.1. The molecule has 0 amide bonds. The molecular formula is C17H19N3O5. The molecule has 25 heavy (non-hydrogen) atoms. The van der Waals surface area contributed by atoms with Crippen LogP contribution >= 0.6 is 0 Å². The van der Waals surface area contributed by atoms with Gasteiger partial charge in [-0.25, -0.2) is 9.78 Å². The van der Waals surface area contributed by atoms with E-state index in [0.717, 1.165) is 17.3 Å². The van der Waals surface area contributed by atoms with Crippen molar-refractivity contribution in [3.05, 3.63) is 57.8 Å². The number of pyridine rings is 1. The van der Waals surface area contributed by atoms with Crippen molar-refractivity contribution in [2.24, 2.45) is 0 Å². The van der Waals surface area contributed by atoms with Crippen molar-refractivity contribution in [2.75, 3.05) is 25.1 Å². The third-order valence-electron chi connectivity index (χ3n) is 3.37. The minimum absolute atomic E-state index is 0.0828. The number of nitrogens with one attached hydrogen (secondary N) is 1. The van der Waals surface area contributed by atoms with Crippen LogP contribution in [0.4, 0.5) is 11.5 Å². The highest BCUT2D eigenvalue weighted by molar-refractivity contribution is 5.71. The smallest absolute Gasteiger partial charge is 0.344 e. The fourth-order valence-corrected chi connectivity index (χ4v) is 2.14. The van der Waals surface area contributed by atoms with Crippen LogP contribution in [0.2, 0.25) is 0 Å². The number of benzene rings is 1. The van der Waals surface area contributed by atoms with Gasteiger partial charge in [0.15, 0.2) is 6.61 Å². The third kappa shape index (κ3) is 5.45. The summed E-state index contributed by atoms with van der Waals surface area (Å²) in [6.07, 6.45) is 1.16. The number of ether oxygens (including phenoxy) is 2. The van der Waals surface area contributed by atoms with Gasteiger partial charge in [0.2, 0.25) is 0 Å². The van der Waals surface area contributed by atoms with Crippen LogP contribution in [0.5, 0.6) is 5.75 Å². The van der Waals surface area contributed by atoms with Gasteiger partial charge >= 0.3 is 5.97 Å². The van der Waals surface area contributed by atoms with Gasteiger partial charge in [-0.1, -0.05) is 18.2 Å². The number of rotatable bonds is 8. The molecule has 0 aliphatic carbocycles. The van der Waals surface area contributed by atoms with Crippen molar-refractivity contribution in [2.45, 2.75) is 13.8 Å². The van der Waals surface area contributed by atoms with Crippen LogP contribution in [0.1, 0.15) is 11.1 Å². The first kappa shape index (κ1) is 18.2. The fraction of sp³-hybridized carbons (Fsp3) is 0.294. The Morgan fingerprint density at radius 2 is 1.96 bits per heavy atom. The molecule has 132 valence electrons. The number of anilines is 1. The third-order valence-corrected chi connectivity index (χ3v) is 3.37. The molecule has 0 spiro atoms. The zero-order chi connectivity index (χ0) is 18.2. The second-order valence-corrected chi connectivity index (χ2v) is 5.32. The Labute approximate surface area is 144 Å². The standard InChI is InChI=1S/C17H19N3O5/c1-12-4-3-5-13(2)17(12)25-11-16(21)24-9-8-18-15-7-6-14(10-19-15)20(22)23/h3-7,10H,8-9,11H2,1-2H3,(H,18,19). The van der Waals surface area contributed by atoms with E-state index in [4.69, 9.17) is 9.47 Å². The van der Waals surface area contributed by atoms with Crippen molar-refractivity contribution in [3.8, 4) is 5.75 Å². The highest BCUT2D eigenvalue weighted by atomic mass is 16.6. The summed E-state index contributed by atoms with van der Waals surface area (Å²) in [5, 5.41) is 13.4. The summed E-state index contributed by atoms with van der Waals surface area (Å²) in [4.78, 5) is 25.6. The molecular weight excluding hydrogens is 326 g/mol. The lowest BCUT2D eigenvalue weighted by Gasteiger charge is -2.11. The van der Waals surface area contributed by atoms with Crippen LogP contribution in [0.15, 0.2) is 36.5 Å². The molecule has 0 aliphatic heterocycles. The lowest BCUT2D eigenvalue weighted by Crippen LogP contribution is -2.19. The molecule has 0 fully saturated rings. The second-order valence-electron chi connectivity index (χ2n) is 5.32. The summed E-state index contributed by atoms with van der Waals surface area (Å²) in [6.45, 7) is 4.12. The number of nitro groups is 1. The van der Waals surface area contributed by atoms with Gasteiger partial charge < -0.3 is 14.8 Å². The van der Waals surface area contributed by atoms with Crippen molar-refractivity contribution in [1.82, 2.24) is 4.98 Å². The van der Waals surface area contributed by atoms with Crippen molar-refractivity contribution >= 4 is 17.5 Å². The fourth-order valence-electron chi connectivity index (χ4n) is 2.14. The number of para-hydroxylation sites is 1. The summed E-state index contributed by atoms with van der Waals surface area (Å²) in [5.41, 5.74) is 1.83. The molecule has 2 rings (SSSR count). The first-order valence-electron chi connectivity index (χ1n) is 7.66. The molecule has 0 radical (unpaired) electrons. The quantitative estimate of drug-likeness (QED) is 0.339. The maximum absolute atomic E-state index is 11.7. The van der Waals surface area contributed by atoms with Gasteiger partial charge in [-0.2, -0.15) is 0 Å². The van der Waals surface area contributed by atoms with Crippen LogP contribution in [-0.4, -0.2) is 35.6 Å². The Balaban J connectivity index is 1.69. The van der Waals surface area contributed by atoms with Gasteiger partial charge in [-0.15, -0.1) is 0 Å². The summed E-state index contributed by atoms with van der Waals surface area (Å²) in [5.74, 6) is 0.683. The van der Waals surface area contributed by atoms with Gasteiger partial charge in [0.05, 0.1) is 11.5 Å².